The van der Waals surface area contributed by atoms with Gasteiger partial charge in [-0.2, -0.15) is 0 Å². The number of quaternary nitrogens is 1. The number of allylic oxidation sites excluding steroid dienone is 1. The van der Waals surface area contributed by atoms with Gasteiger partial charge >= 0.3 is 11.9 Å². The van der Waals surface area contributed by atoms with Crippen molar-refractivity contribution < 1.29 is 34.2 Å². The summed E-state index contributed by atoms with van der Waals surface area (Å²) in [4.78, 5) is 37.1. The van der Waals surface area contributed by atoms with Gasteiger partial charge in [0, 0.05) is 25.7 Å². The summed E-state index contributed by atoms with van der Waals surface area (Å²) in [5.41, 5.74) is 0. The zero-order valence-corrected chi connectivity index (χ0v) is 20.6. The van der Waals surface area contributed by atoms with E-state index in [1.165, 1.54) is 6.42 Å². The minimum Gasteiger partial charge on any atom is -0.544 e. The Balaban J connectivity index is 6.27. The van der Waals surface area contributed by atoms with E-state index in [4.69, 9.17) is 0 Å². The quantitative estimate of drug-likeness (QED) is 0.162. The number of hydrogen-bond acceptors (Lipinski definition) is 4. The molecule has 0 heterocycles. The molecule has 3 unspecified atom stereocenters. The number of nitrogens with zero attached hydrogens (tertiary/aromatic N) is 1. The number of unbranched alkanes of at least 4 members (excludes halogenated alkanes) is 4. The van der Waals surface area contributed by atoms with Gasteiger partial charge in [0.2, 0.25) is 0 Å². The molecule has 3 atom stereocenters. The molecule has 7 heteroatoms. The average Bonchev–Trinajstić information content (AvgIpc) is 2.73. The van der Waals surface area contributed by atoms with E-state index >= 15 is 0 Å². The molecule has 0 saturated carbocycles. The Hall–Kier alpha value is -1.89. The van der Waals surface area contributed by atoms with Crippen LogP contribution in [0.4, 0.5) is 0 Å². The highest BCUT2D eigenvalue weighted by Crippen LogP contribution is 2.33. The maximum absolute atomic E-state index is 12.4. The van der Waals surface area contributed by atoms with Crippen molar-refractivity contribution in [1.82, 2.24) is 0 Å². The number of rotatable bonds is 20. The summed E-state index contributed by atoms with van der Waals surface area (Å²) in [5.74, 6) is -3.64. The predicted molar refractivity (Wildman–Crippen MR) is 124 cm³/mol. The Labute approximate surface area is 194 Å². The van der Waals surface area contributed by atoms with Crippen LogP contribution in [0, 0.1) is 0 Å². The zero-order valence-electron chi connectivity index (χ0n) is 20.6. The van der Waals surface area contributed by atoms with Gasteiger partial charge in [0.05, 0.1) is 12.5 Å². The average molecular weight is 456 g/mol. The van der Waals surface area contributed by atoms with Crippen molar-refractivity contribution in [3.8, 4) is 0 Å². The minimum atomic E-state index is -1.36. The van der Waals surface area contributed by atoms with E-state index in [2.05, 4.69) is 6.92 Å². The fourth-order valence-electron chi connectivity index (χ4n) is 4.86. The zero-order chi connectivity index (χ0) is 24.6. The molecule has 2 N–H and O–H groups in total. The summed E-state index contributed by atoms with van der Waals surface area (Å²) in [6.45, 7) is 7.81. The van der Waals surface area contributed by atoms with Crippen LogP contribution in [0.25, 0.3) is 0 Å². The molecule has 0 amide bonds. The van der Waals surface area contributed by atoms with Crippen LogP contribution < -0.4 is 5.11 Å². The van der Waals surface area contributed by atoms with Crippen LogP contribution in [0.2, 0.25) is 0 Å². The van der Waals surface area contributed by atoms with Gasteiger partial charge in [-0.25, -0.2) is 9.59 Å². The second-order valence-corrected chi connectivity index (χ2v) is 8.74. The third-order valence-corrected chi connectivity index (χ3v) is 6.34. The van der Waals surface area contributed by atoms with E-state index in [0.29, 0.717) is 25.7 Å². The summed E-state index contributed by atoms with van der Waals surface area (Å²) in [7, 11) is 0. The van der Waals surface area contributed by atoms with Crippen molar-refractivity contribution in [3.05, 3.63) is 12.2 Å². The highest BCUT2D eigenvalue weighted by molar-refractivity contribution is 5.77. The third-order valence-electron chi connectivity index (χ3n) is 6.34. The van der Waals surface area contributed by atoms with Gasteiger partial charge in [-0.3, -0.25) is 4.48 Å². The standard InChI is InChI=1S/C25H45NO6/c1-5-9-10-11-12-13-14-15-19-26(20(16-6-2)23(27)28,21(17-7-3)24(29)30)22(18-8-4)25(31)32/h13-14,20-22H,5-12,15-19H2,1-4H3,(H2-,27,28,29,30,31,32)/b14-13-. The second kappa shape index (κ2) is 16.7. The number of carbonyl (C=O) groups excluding carboxylic acids is 1. The summed E-state index contributed by atoms with van der Waals surface area (Å²) in [6.07, 6.45) is 12.1. The lowest BCUT2D eigenvalue weighted by atomic mass is 9.91. The largest absolute Gasteiger partial charge is 0.544 e. The first-order valence-electron chi connectivity index (χ1n) is 12.4. The van der Waals surface area contributed by atoms with E-state index < -0.39 is 40.5 Å². The fraction of sp³-hybridized carbons (Fsp3) is 0.800. The lowest BCUT2D eigenvalue weighted by molar-refractivity contribution is -0.974. The molecule has 32 heavy (non-hydrogen) atoms. The first-order chi connectivity index (χ1) is 15.2. The molecular formula is C25H45NO6. The number of carboxylic acids is 3. The van der Waals surface area contributed by atoms with Gasteiger partial charge in [0.1, 0.15) is 6.04 Å². The first-order valence-corrected chi connectivity index (χ1v) is 12.4. The Kier molecular flexibility index (Phi) is 15.7. The van der Waals surface area contributed by atoms with Crippen LogP contribution in [0.5, 0.6) is 0 Å². The molecule has 0 aliphatic rings. The second-order valence-electron chi connectivity index (χ2n) is 8.74. The van der Waals surface area contributed by atoms with E-state index in [1.807, 2.05) is 32.9 Å². The van der Waals surface area contributed by atoms with Gasteiger partial charge < -0.3 is 20.1 Å². The van der Waals surface area contributed by atoms with Gasteiger partial charge in [-0.05, 0) is 25.7 Å². The van der Waals surface area contributed by atoms with Crippen LogP contribution in [0.1, 0.15) is 105 Å². The fourth-order valence-corrected chi connectivity index (χ4v) is 4.86. The van der Waals surface area contributed by atoms with E-state index in [1.54, 1.807) is 0 Å². The monoisotopic (exact) mass is 455 g/mol. The van der Waals surface area contributed by atoms with Crippen LogP contribution >= 0.6 is 0 Å². The summed E-state index contributed by atoms with van der Waals surface area (Å²) in [5, 5.41) is 32.5. The van der Waals surface area contributed by atoms with Crippen molar-refractivity contribution in [1.29, 1.82) is 0 Å². The third kappa shape index (κ3) is 8.93. The van der Waals surface area contributed by atoms with Crippen LogP contribution in [0.15, 0.2) is 12.2 Å². The Bertz CT molecular complexity index is 529. The number of carbonyl (C=O) groups is 3. The molecule has 0 rings (SSSR count). The number of hydrogen-bond donors (Lipinski definition) is 2. The molecule has 0 aromatic carbocycles. The maximum atomic E-state index is 12.4. The first kappa shape index (κ1) is 30.1. The molecule has 0 aliphatic heterocycles. The molecular weight excluding hydrogens is 410 g/mol. The Morgan fingerprint density at radius 2 is 1.19 bits per heavy atom. The highest BCUT2D eigenvalue weighted by Gasteiger charge is 2.54. The maximum Gasteiger partial charge on any atom is 0.362 e. The molecule has 0 aliphatic carbocycles. The van der Waals surface area contributed by atoms with Crippen molar-refractivity contribution in [3.63, 3.8) is 0 Å². The van der Waals surface area contributed by atoms with Crippen LogP contribution in [0.3, 0.4) is 0 Å². The van der Waals surface area contributed by atoms with Gasteiger partial charge in [0.25, 0.3) is 0 Å². The molecule has 0 bridgehead atoms. The molecule has 0 saturated heterocycles. The lowest BCUT2D eigenvalue weighted by Crippen LogP contribution is -2.74. The van der Waals surface area contributed by atoms with E-state index in [-0.39, 0.29) is 25.8 Å². The molecule has 7 nitrogen and oxygen atoms in total. The number of aliphatic carboxylic acids is 3. The van der Waals surface area contributed by atoms with Crippen molar-refractivity contribution >= 4 is 17.9 Å². The molecule has 0 radical (unpaired) electrons. The predicted octanol–water partition coefficient (Wildman–Crippen LogP) is 4.15. The Morgan fingerprint density at radius 1 is 0.719 bits per heavy atom. The highest BCUT2D eigenvalue weighted by atomic mass is 16.4. The van der Waals surface area contributed by atoms with Crippen LogP contribution in [-0.4, -0.2) is 57.3 Å². The SMILES string of the molecule is CCCCCC/C=C\CC[N+](C(CCC)C(=O)[O-])(C(CCC)C(=O)O)C(CCC)C(=O)O. The molecule has 0 aromatic heterocycles. The lowest BCUT2D eigenvalue weighted by Gasteiger charge is -2.52. The van der Waals surface area contributed by atoms with E-state index in [0.717, 1.165) is 25.7 Å². The van der Waals surface area contributed by atoms with Gasteiger partial charge in [-0.15, -0.1) is 0 Å². The normalized spacial score (nSPS) is 16.4. The van der Waals surface area contributed by atoms with E-state index in [9.17, 15) is 29.7 Å². The minimum absolute atomic E-state index is 0.151. The Morgan fingerprint density at radius 3 is 1.59 bits per heavy atom. The smallest absolute Gasteiger partial charge is 0.362 e. The van der Waals surface area contributed by atoms with Crippen molar-refractivity contribution in [2.24, 2.45) is 0 Å². The molecule has 0 aromatic rings. The van der Waals surface area contributed by atoms with Gasteiger partial charge in [-0.1, -0.05) is 65.5 Å². The number of carboxylic acid groups (broad SMARTS) is 3. The van der Waals surface area contributed by atoms with Crippen molar-refractivity contribution in [2.75, 3.05) is 6.54 Å². The van der Waals surface area contributed by atoms with Crippen LogP contribution in [-0.2, 0) is 14.4 Å². The summed E-state index contributed by atoms with van der Waals surface area (Å²) in [6, 6.07) is -3.40. The molecule has 0 spiro atoms. The summed E-state index contributed by atoms with van der Waals surface area (Å²) >= 11 is 0. The molecule has 0 fully saturated rings. The van der Waals surface area contributed by atoms with Crippen molar-refractivity contribution in [2.45, 2.75) is 123 Å². The topological polar surface area (TPSA) is 115 Å². The molecule has 186 valence electrons. The van der Waals surface area contributed by atoms with Gasteiger partial charge in [0.15, 0.2) is 12.1 Å². The summed E-state index contributed by atoms with van der Waals surface area (Å²) < 4.78 is -0.483.